The molecule has 2 nitrogen and oxygen atoms in total. The molecule has 2 unspecified atom stereocenters. The maximum absolute atomic E-state index is 14.2. The maximum Gasteiger partial charge on any atom is 0.133 e. The Kier molecular flexibility index (Phi) is 3.34. The predicted molar refractivity (Wildman–Crippen MR) is 84.0 cm³/mol. The van der Waals surface area contributed by atoms with Crippen molar-refractivity contribution in [2.45, 2.75) is 24.8 Å². The molecule has 2 aromatic rings. The van der Waals surface area contributed by atoms with Gasteiger partial charge in [0.2, 0.25) is 0 Å². The van der Waals surface area contributed by atoms with E-state index >= 15 is 0 Å². The van der Waals surface area contributed by atoms with Crippen LogP contribution >= 0.6 is 0 Å². The van der Waals surface area contributed by atoms with E-state index in [1.54, 1.807) is 6.07 Å². The highest BCUT2D eigenvalue weighted by Gasteiger charge is 2.35. The molecule has 0 amide bonds. The van der Waals surface area contributed by atoms with Gasteiger partial charge >= 0.3 is 0 Å². The van der Waals surface area contributed by atoms with Crippen LogP contribution < -0.4 is 10.6 Å². The second-order valence-corrected chi connectivity index (χ2v) is 6.08. The normalized spacial score (nSPS) is 23.4. The zero-order valence-electron chi connectivity index (χ0n) is 12.2. The Morgan fingerprint density at radius 3 is 2.68 bits per heavy atom. The fourth-order valence-corrected chi connectivity index (χ4v) is 3.79. The lowest BCUT2D eigenvalue weighted by atomic mass is 9.86. The first kappa shape index (κ1) is 13.7. The van der Waals surface area contributed by atoms with E-state index in [0.29, 0.717) is 17.5 Å². The minimum atomic E-state index is -0.538. The van der Waals surface area contributed by atoms with Gasteiger partial charge in [-0.25, -0.2) is 8.78 Å². The molecule has 1 fully saturated rings. The van der Waals surface area contributed by atoms with Crippen molar-refractivity contribution < 1.29 is 8.78 Å². The molecule has 22 heavy (non-hydrogen) atoms. The minimum Gasteiger partial charge on any atom is -0.381 e. The number of halogens is 2. The summed E-state index contributed by atoms with van der Waals surface area (Å²) in [6.07, 6.45) is 2.09. The van der Waals surface area contributed by atoms with Crippen LogP contribution in [0.15, 0.2) is 36.4 Å². The van der Waals surface area contributed by atoms with E-state index in [1.807, 2.05) is 12.1 Å². The number of hydrogen-bond acceptors (Lipinski definition) is 2. The number of fused-ring (bicyclic) bond motifs is 3. The first-order chi connectivity index (χ1) is 10.7. The second kappa shape index (κ2) is 5.36. The van der Waals surface area contributed by atoms with E-state index in [9.17, 15) is 8.78 Å². The van der Waals surface area contributed by atoms with Gasteiger partial charge in [0.1, 0.15) is 11.6 Å². The predicted octanol–water partition coefficient (Wildman–Crippen LogP) is 3.89. The fourth-order valence-electron chi connectivity index (χ4n) is 3.79. The van der Waals surface area contributed by atoms with Crippen LogP contribution in [0.5, 0.6) is 0 Å². The molecule has 114 valence electrons. The molecule has 2 aromatic carbocycles. The molecule has 0 aliphatic carbocycles. The molecule has 2 aliphatic heterocycles. The maximum atomic E-state index is 14.2. The molecule has 4 rings (SSSR count). The van der Waals surface area contributed by atoms with Crippen molar-refractivity contribution in [1.29, 1.82) is 0 Å². The van der Waals surface area contributed by atoms with Crippen LogP contribution in [0.3, 0.4) is 0 Å². The number of nitrogens with one attached hydrogen (secondary N) is 2. The smallest absolute Gasteiger partial charge is 0.133 e. The summed E-state index contributed by atoms with van der Waals surface area (Å²) < 4.78 is 27.4. The van der Waals surface area contributed by atoms with Crippen LogP contribution in [-0.4, -0.2) is 19.1 Å². The number of benzene rings is 2. The third-order valence-corrected chi connectivity index (χ3v) is 4.79. The Morgan fingerprint density at radius 1 is 0.955 bits per heavy atom. The largest absolute Gasteiger partial charge is 0.381 e. The Balaban J connectivity index is 1.84. The van der Waals surface area contributed by atoms with Crippen LogP contribution in [0.4, 0.5) is 14.5 Å². The number of rotatable bonds is 1. The third kappa shape index (κ3) is 2.18. The minimum absolute atomic E-state index is 0.380. The van der Waals surface area contributed by atoms with Crippen LogP contribution in [0.2, 0.25) is 0 Å². The Labute approximate surface area is 128 Å². The molecule has 0 spiro atoms. The SMILES string of the molecule is Fc1ccc(-c2cccc3c2C2CCNCCC2N3)c(F)c1. The van der Waals surface area contributed by atoms with Gasteiger partial charge in [0.15, 0.2) is 0 Å². The molecule has 0 bridgehead atoms. The van der Waals surface area contributed by atoms with E-state index in [-0.39, 0.29) is 0 Å². The van der Waals surface area contributed by atoms with Crippen molar-refractivity contribution in [2.24, 2.45) is 0 Å². The number of anilines is 1. The van der Waals surface area contributed by atoms with E-state index in [1.165, 1.54) is 11.6 Å². The molecule has 2 aliphatic rings. The highest BCUT2D eigenvalue weighted by Crippen LogP contribution is 2.45. The van der Waals surface area contributed by atoms with Crippen LogP contribution in [0, 0.1) is 11.6 Å². The van der Waals surface area contributed by atoms with Gasteiger partial charge in [0, 0.05) is 29.3 Å². The molecular formula is C18H18F2N2. The Hall–Kier alpha value is -1.94. The molecule has 2 atom stereocenters. The summed E-state index contributed by atoms with van der Waals surface area (Å²) in [6.45, 7) is 1.98. The summed E-state index contributed by atoms with van der Waals surface area (Å²) >= 11 is 0. The zero-order chi connectivity index (χ0) is 15.1. The Bertz CT molecular complexity index is 714. The average molecular weight is 300 g/mol. The van der Waals surface area contributed by atoms with Crippen LogP contribution in [0.25, 0.3) is 11.1 Å². The monoisotopic (exact) mass is 300 g/mol. The van der Waals surface area contributed by atoms with Gasteiger partial charge in [-0.15, -0.1) is 0 Å². The van der Waals surface area contributed by atoms with Crippen molar-refractivity contribution in [2.75, 3.05) is 18.4 Å². The highest BCUT2D eigenvalue weighted by molar-refractivity contribution is 5.78. The van der Waals surface area contributed by atoms with Gasteiger partial charge in [0.05, 0.1) is 0 Å². The topological polar surface area (TPSA) is 24.1 Å². The van der Waals surface area contributed by atoms with Crippen LogP contribution in [0.1, 0.15) is 24.3 Å². The van der Waals surface area contributed by atoms with Gasteiger partial charge in [-0.1, -0.05) is 12.1 Å². The zero-order valence-corrected chi connectivity index (χ0v) is 12.2. The van der Waals surface area contributed by atoms with Gasteiger partial charge < -0.3 is 10.6 Å². The van der Waals surface area contributed by atoms with Crippen molar-refractivity contribution >= 4 is 5.69 Å². The molecule has 1 saturated heterocycles. The quantitative estimate of drug-likeness (QED) is 0.835. The van der Waals surface area contributed by atoms with Crippen molar-refractivity contribution in [1.82, 2.24) is 5.32 Å². The fraction of sp³-hybridized carbons (Fsp3) is 0.333. The molecule has 2 heterocycles. The summed E-state index contributed by atoms with van der Waals surface area (Å²) in [7, 11) is 0. The van der Waals surface area contributed by atoms with Crippen molar-refractivity contribution in [3.63, 3.8) is 0 Å². The highest BCUT2D eigenvalue weighted by atomic mass is 19.1. The first-order valence-corrected chi connectivity index (χ1v) is 7.79. The molecule has 0 radical (unpaired) electrons. The number of hydrogen-bond donors (Lipinski definition) is 2. The summed E-state index contributed by atoms with van der Waals surface area (Å²) in [5.74, 6) is -0.655. The average Bonchev–Trinajstić information content (AvgIpc) is 2.70. The Morgan fingerprint density at radius 2 is 1.82 bits per heavy atom. The van der Waals surface area contributed by atoms with Crippen LogP contribution in [-0.2, 0) is 0 Å². The molecule has 4 heteroatoms. The molecular weight excluding hydrogens is 282 g/mol. The second-order valence-electron chi connectivity index (χ2n) is 6.08. The third-order valence-electron chi connectivity index (χ3n) is 4.79. The lowest BCUT2D eigenvalue weighted by Crippen LogP contribution is -2.21. The van der Waals surface area contributed by atoms with E-state index < -0.39 is 11.6 Å². The summed E-state index contributed by atoms with van der Waals surface area (Å²) in [4.78, 5) is 0. The molecule has 0 aromatic heterocycles. The van der Waals surface area contributed by atoms with Gasteiger partial charge in [0.25, 0.3) is 0 Å². The van der Waals surface area contributed by atoms with E-state index in [2.05, 4.69) is 16.7 Å². The lowest BCUT2D eigenvalue weighted by Gasteiger charge is -2.18. The summed E-state index contributed by atoms with van der Waals surface area (Å²) in [5.41, 5.74) is 3.65. The lowest BCUT2D eigenvalue weighted by molar-refractivity contribution is 0.576. The van der Waals surface area contributed by atoms with E-state index in [4.69, 9.17) is 0 Å². The van der Waals surface area contributed by atoms with E-state index in [0.717, 1.165) is 43.2 Å². The molecule has 0 saturated carbocycles. The van der Waals surface area contributed by atoms with Crippen molar-refractivity contribution in [3.05, 3.63) is 53.6 Å². The standard InChI is InChI=1S/C18H18F2N2/c19-11-4-5-12(15(20)10-11)13-2-1-3-17-18(13)14-6-8-21-9-7-16(14)22-17/h1-5,10,14,16,21-22H,6-9H2. The van der Waals surface area contributed by atoms with Gasteiger partial charge in [-0.3, -0.25) is 0 Å². The summed E-state index contributed by atoms with van der Waals surface area (Å²) in [5, 5.41) is 7.00. The van der Waals surface area contributed by atoms with Gasteiger partial charge in [-0.2, -0.15) is 0 Å². The summed E-state index contributed by atoms with van der Waals surface area (Å²) in [6, 6.07) is 10.2. The van der Waals surface area contributed by atoms with Crippen molar-refractivity contribution in [3.8, 4) is 11.1 Å². The van der Waals surface area contributed by atoms with Gasteiger partial charge in [-0.05, 0) is 55.3 Å². The first-order valence-electron chi connectivity index (χ1n) is 7.79. The molecule has 2 N–H and O–H groups in total.